The Bertz CT molecular complexity index is 1030. The first-order valence-electron chi connectivity index (χ1n) is 10.2. The summed E-state index contributed by atoms with van der Waals surface area (Å²) in [6.07, 6.45) is 2.62. The number of hydrogen-bond donors (Lipinski definition) is 2. The van der Waals surface area contributed by atoms with Gasteiger partial charge in [0.05, 0.1) is 12.8 Å². The molecule has 1 aromatic heterocycles. The maximum Gasteiger partial charge on any atom is 0.321 e. The summed E-state index contributed by atoms with van der Waals surface area (Å²) in [7, 11) is 0. The molecule has 1 fully saturated rings. The second-order valence-corrected chi connectivity index (χ2v) is 7.23. The zero-order valence-corrected chi connectivity index (χ0v) is 17.3. The summed E-state index contributed by atoms with van der Waals surface area (Å²) >= 11 is 0. The average Bonchev–Trinajstić information content (AvgIpc) is 3.23. The molecule has 1 aliphatic heterocycles. The molecular formula is C23H26N4O3. The van der Waals surface area contributed by atoms with Gasteiger partial charge < -0.3 is 19.8 Å². The van der Waals surface area contributed by atoms with Gasteiger partial charge in [-0.15, -0.1) is 0 Å². The van der Waals surface area contributed by atoms with Crippen molar-refractivity contribution in [3.63, 3.8) is 0 Å². The van der Waals surface area contributed by atoms with Gasteiger partial charge in [0, 0.05) is 36.6 Å². The molecule has 4 rings (SSSR count). The third-order valence-corrected chi connectivity index (χ3v) is 5.04. The fourth-order valence-electron chi connectivity index (χ4n) is 3.40. The molecule has 30 heavy (non-hydrogen) atoms. The van der Waals surface area contributed by atoms with Crippen molar-refractivity contribution in [1.82, 2.24) is 10.3 Å². The van der Waals surface area contributed by atoms with Crippen molar-refractivity contribution in [2.24, 2.45) is 0 Å². The summed E-state index contributed by atoms with van der Waals surface area (Å²) in [5.74, 6) is 0.639. The number of carbonyl (C=O) groups is 1. The number of benzene rings is 2. The molecule has 156 valence electrons. The number of nitrogens with zero attached hydrogens (tertiary/aromatic N) is 2. The van der Waals surface area contributed by atoms with Crippen LogP contribution in [-0.2, 0) is 11.3 Å². The van der Waals surface area contributed by atoms with Crippen LogP contribution < -0.4 is 15.5 Å². The van der Waals surface area contributed by atoms with Gasteiger partial charge in [0.1, 0.15) is 0 Å². The smallest absolute Gasteiger partial charge is 0.321 e. The number of aryl methyl sites for hydroxylation is 1. The average molecular weight is 406 g/mol. The molecule has 0 saturated carbocycles. The number of anilines is 3. The first-order chi connectivity index (χ1) is 14.6. The topological polar surface area (TPSA) is 79.6 Å². The van der Waals surface area contributed by atoms with E-state index in [1.165, 1.54) is 0 Å². The molecule has 3 aromatic rings. The number of nitrogens with one attached hydrogen (secondary N) is 2. The van der Waals surface area contributed by atoms with Crippen LogP contribution in [0, 0.1) is 6.92 Å². The first kappa shape index (κ1) is 20.0. The molecule has 1 aliphatic rings. The molecule has 0 atom stereocenters. The predicted molar refractivity (Wildman–Crippen MR) is 117 cm³/mol. The van der Waals surface area contributed by atoms with E-state index in [2.05, 4.69) is 21.7 Å². The van der Waals surface area contributed by atoms with E-state index in [0.717, 1.165) is 41.0 Å². The summed E-state index contributed by atoms with van der Waals surface area (Å²) in [4.78, 5) is 18.3. The molecule has 2 N–H and O–H groups in total. The summed E-state index contributed by atoms with van der Waals surface area (Å²) in [6.45, 7) is 6.68. The van der Waals surface area contributed by atoms with Crippen LogP contribution in [0.4, 0.5) is 22.2 Å². The van der Waals surface area contributed by atoms with E-state index in [1.54, 1.807) is 11.1 Å². The number of ether oxygens (including phenoxy) is 1. The first-order valence-corrected chi connectivity index (χ1v) is 10.2. The van der Waals surface area contributed by atoms with E-state index in [-0.39, 0.29) is 6.03 Å². The highest BCUT2D eigenvalue weighted by Crippen LogP contribution is 2.29. The Morgan fingerprint density at radius 2 is 2.17 bits per heavy atom. The lowest BCUT2D eigenvalue weighted by Gasteiger charge is -2.27. The SMILES string of the molecule is CCOCc1ccc(C)c(Nc2ncc(-c3cccc(N4CCCNC4=O)c3)o2)c1. The highest BCUT2D eigenvalue weighted by Gasteiger charge is 2.20. The van der Waals surface area contributed by atoms with Crippen LogP contribution in [0.15, 0.2) is 53.1 Å². The molecular weight excluding hydrogens is 380 g/mol. The molecule has 7 heteroatoms. The van der Waals surface area contributed by atoms with Crippen LogP contribution in [0.1, 0.15) is 24.5 Å². The quantitative estimate of drug-likeness (QED) is 0.586. The molecule has 2 amide bonds. The van der Waals surface area contributed by atoms with E-state index < -0.39 is 0 Å². The van der Waals surface area contributed by atoms with Crippen molar-refractivity contribution >= 4 is 23.4 Å². The normalized spacial score (nSPS) is 13.9. The van der Waals surface area contributed by atoms with Gasteiger partial charge in [-0.3, -0.25) is 4.90 Å². The van der Waals surface area contributed by atoms with Crippen LogP contribution in [0.2, 0.25) is 0 Å². The molecule has 0 spiro atoms. The molecule has 0 unspecified atom stereocenters. The minimum atomic E-state index is -0.0688. The largest absolute Gasteiger partial charge is 0.423 e. The third kappa shape index (κ3) is 4.46. The van der Waals surface area contributed by atoms with Gasteiger partial charge in [0.15, 0.2) is 5.76 Å². The maximum atomic E-state index is 12.1. The number of urea groups is 1. The Balaban J connectivity index is 1.52. The summed E-state index contributed by atoms with van der Waals surface area (Å²) in [6, 6.07) is 14.2. The van der Waals surface area contributed by atoms with Crippen molar-refractivity contribution < 1.29 is 13.9 Å². The summed E-state index contributed by atoms with van der Waals surface area (Å²) in [5, 5.41) is 6.13. The van der Waals surface area contributed by atoms with Gasteiger partial charge >= 0.3 is 6.03 Å². The van der Waals surface area contributed by atoms with Gasteiger partial charge in [-0.1, -0.05) is 24.3 Å². The van der Waals surface area contributed by atoms with Gasteiger partial charge in [-0.25, -0.2) is 9.78 Å². The monoisotopic (exact) mass is 406 g/mol. The van der Waals surface area contributed by atoms with Crippen molar-refractivity contribution in [2.75, 3.05) is 29.9 Å². The molecule has 2 heterocycles. The number of carbonyl (C=O) groups excluding carboxylic acids is 1. The second-order valence-electron chi connectivity index (χ2n) is 7.23. The van der Waals surface area contributed by atoms with E-state index in [9.17, 15) is 4.79 Å². The molecule has 0 bridgehead atoms. The molecule has 2 aromatic carbocycles. The molecule has 7 nitrogen and oxygen atoms in total. The Hall–Kier alpha value is -3.32. The third-order valence-electron chi connectivity index (χ3n) is 5.04. The number of hydrogen-bond acceptors (Lipinski definition) is 5. The lowest BCUT2D eigenvalue weighted by molar-refractivity contribution is 0.134. The zero-order valence-electron chi connectivity index (χ0n) is 17.3. The van der Waals surface area contributed by atoms with Crippen molar-refractivity contribution in [2.45, 2.75) is 26.9 Å². The van der Waals surface area contributed by atoms with Crippen molar-refractivity contribution in [3.05, 3.63) is 59.8 Å². The minimum Gasteiger partial charge on any atom is -0.423 e. The van der Waals surface area contributed by atoms with E-state index in [0.29, 0.717) is 31.5 Å². The Kier molecular flexibility index (Phi) is 5.99. The predicted octanol–water partition coefficient (Wildman–Crippen LogP) is 4.85. The Labute approximate surface area is 176 Å². The van der Waals surface area contributed by atoms with E-state index in [1.807, 2.05) is 50.2 Å². The van der Waals surface area contributed by atoms with Crippen LogP contribution in [-0.4, -0.2) is 30.7 Å². The highest BCUT2D eigenvalue weighted by molar-refractivity contribution is 5.93. The number of amides is 2. The summed E-state index contributed by atoms with van der Waals surface area (Å²) < 4.78 is 11.4. The Morgan fingerprint density at radius 3 is 3.00 bits per heavy atom. The minimum absolute atomic E-state index is 0.0688. The lowest BCUT2D eigenvalue weighted by Crippen LogP contribution is -2.46. The van der Waals surface area contributed by atoms with Crippen molar-refractivity contribution in [3.8, 4) is 11.3 Å². The molecule has 1 saturated heterocycles. The highest BCUT2D eigenvalue weighted by atomic mass is 16.5. The molecule has 0 aliphatic carbocycles. The van der Waals surface area contributed by atoms with Crippen LogP contribution >= 0.6 is 0 Å². The standard InChI is InChI=1S/C23H26N4O3/c1-3-29-15-17-9-8-16(2)20(12-17)26-22-25-14-21(30-22)18-6-4-7-19(13-18)27-11-5-10-24-23(27)28/h4,6-9,12-14H,3,5,10-11,15H2,1-2H3,(H,24,28)(H,25,26). The maximum absolute atomic E-state index is 12.1. The van der Waals surface area contributed by atoms with Gasteiger partial charge in [-0.05, 0) is 49.6 Å². The van der Waals surface area contributed by atoms with Gasteiger partial charge in [-0.2, -0.15) is 0 Å². The van der Waals surface area contributed by atoms with E-state index >= 15 is 0 Å². The fraction of sp³-hybridized carbons (Fsp3) is 0.304. The number of aromatic nitrogens is 1. The van der Waals surface area contributed by atoms with Crippen molar-refractivity contribution in [1.29, 1.82) is 0 Å². The number of rotatable bonds is 7. The van der Waals surface area contributed by atoms with Gasteiger partial charge in [0.25, 0.3) is 6.01 Å². The molecule has 0 radical (unpaired) electrons. The second kappa shape index (κ2) is 9.00. The van der Waals surface area contributed by atoms with Crippen LogP contribution in [0.5, 0.6) is 0 Å². The van der Waals surface area contributed by atoms with Crippen LogP contribution in [0.25, 0.3) is 11.3 Å². The zero-order chi connectivity index (χ0) is 20.9. The fourth-order valence-corrected chi connectivity index (χ4v) is 3.40. The van der Waals surface area contributed by atoms with E-state index in [4.69, 9.17) is 9.15 Å². The Morgan fingerprint density at radius 1 is 1.27 bits per heavy atom. The lowest BCUT2D eigenvalue weighted by atomic mass is 10.1. The summed E-state index contributed by atoms with van der Waals surface area (Å²) in [5.41, 5.74) is 4.82. The number of oxazole rings is 1. The van der Waals surface area contributed by atoms with Gasteiger partial charge in [0.2, 0.25) is 0 Å². The van der Waals surface area contributed by atoms with Crippen LogP contribution in [0.3, 0.4) is 0 Å².